The molecule has 2 N–H and O–H groups in total. The Morgan fingerprint density at radius 1 is 1.13 bits per heavy atom. The molecule has 4 heteroatoms. The van der Waals surface area contributed by atoms with Gasteiger partial charge in [0, 0.05) is 23.5 Å². The van der Waals surface area contributed by atoms with Gasteiger partial charge in [0.1, 0.15) is 5.03 Å². The van der Waals surface area contributed by atoms with Gasteiger partial charge in [0.15, 0.2) is 0 Å². The zero-order valence-electron chi connectivity index (χ0n) is 8.34. The summed E-state index contributed by atoms with van der Waals surface area (Å²) in [5.74, 6) is 0. The molecule has 2 heterocycles. The summed E-state index contributed by atoms with van der Waals surface area (Å²) in [7, 11) is 0. The zero-order valence-corrected chi connectivity index (χ0v) is 9.16. The highest BCUT2D eigenvalue weighted by atomic mass is 32.2. The lowest BCUT2D eigenvalue weighted by Gasteiger charge is -2.05. The second-order valence-corrected chi connectivity index (χ2v) is 4.19. The van der Waals surface area contributed by atoms with Crippen LogP contribution >= 0.6 is 11.8 Å². The lowest BCUT2D eigenvalue weighted by atomic mass is 10.3. The van der Waals surface area contributed by atoms with Gasteiger partial charge in [-0.05, 0) is 30.7 Å². The Kier molecular flexibility index (Phi) is 2.87. The fourth-order valence-electron chi connectivity index (χ4n) is 1.14. The van der Waals surface area contributed by atoms with E-state index in [4.69, 9.17) is 5.73 Å². The molecule has 0 unspecified atom stereocenters. The van der Waals surface area contributed by atoms with Crippen molar-refractivity contribution in [1.82, 2.24) is 9.97 Å². The second-order valence-electron chi connectivity index (χ2n) is 3.13. The molecule has 0 amide bonds. The maximum atomic E-state index is 5.93. The van der Waals surface area contributed by atoms with Crippen LogP contribution in [0.2, 0.25) is 0 Å². The summed E-state index contributed by atoms with van der Waals surface area (Å²) in [5, 5.41) is 0.848. The molecule has 0 bridgehead atoms. The maximum Gasteiger partial charge on any atom is 0.124 e. The average molecular weight is 217 g/mol. The minimum Gasteiger partial charge on any atom is -0.396 e. The maximum absolute atomic E-state index is 5.93. The van der Waals surface area contributed by atoms with E-state index in [1.54, 1.807) is 30.4 Å². The third-order valence-corrected chi connectivity index (χ3v) is 3.06. The normalized spacial score (nSPS) is 10.2. The minimum absolute atomic E-state index is 0.749. The van der Waals surface area contributed by atoms with Crippen molar-refractivity contribution >= 4 is 17.4 Å². The number of nitrogens with two attached hydrogens (primary N) is 1. The molecule has 0 radical (unpaired) electrons. The molecule has 15 heavy (non-hydrogen) atoms. The molecule has 2 rings (SSSR count). The average Bonchev–Trinajstić information content (AvgIpc) is 2.26. The number of hydrogen-bond acceptors (Lipinski definition) is 4. The highest BCUT2D eigenvalue weighted by Crippen LogP contribution is 2.30. The molecule has 0 spiro atoms. The monoisotopic (exact) mass is 217 g/mol. The largest absolute Gasteiger partial charge is 0.396 e. The van der Waals surface area contributed by atoms with Crippen LogP contribution < -0.4 is 5.73 Å². The Morgan fingerprint density at radius 2 is 1.87 bits per heavy atom. The molecular formula is C11H11N3S. The van der Waals surface area contributed by atoms with Gasteiger partial charge in [-0.3, -0.25) is 4.98 Å². The van der Waals surface area contributed by atoms with Gasteiger partial charge in [-0.15, -0.1) is 0 Å². The van der Waals surface area contributed by atoms with Crippen molar-refractivity contribution in [2.75, 3.05) is 5.73 Å². The zero-order chi connectivity index (χ0) is 10.7. The fourth-order valence-corrected chi connectivity index (χ4v) is 2.01. The summed E-state index contributed by atoms with van der Waals surface area (Å²) in [6.45, 7) is 1.98. The van der Waals surface area contributed by atoms with Gasteiger partial charge in [-0.1, -0.05) is 11.8 Å². The minimum atomic E-state index is 0.749. The highest BCUT2D eigenvalue weighted by Gasteiger charge is 2.04. The summed E-state index contributed by atoms with van der Waals surface area (Å²) < 4.78 is 0. The summed E-state index contributed by atoms with van der Waals surface area (Å²) in [5.41, 5.74) is 7.74. The van der Waals surface area contributed by atoms with Crippen LogP contribution in [0, 0.1) is 6.92 Å². The fraction of sp³-hybridized carbons (Fsp3) is 0.0909. The first-order valence-electron chi connectivity index (χ1n) is 4.56. The van der Waals surface area contributed by atoms with Gasteiger partial charge in [0.2, 0.25) is 0 Å². The van der Waals surface area contributed by atoms with Gasteiger partial charge >= 0.3 is 0 Å². The van der Waals surface area contributed by atoms with Crippen LogP contribution in [0.5, 0.6) is 0 Å². The number of nitrogens with zero attached hydrogens (tertiary/aromatic N) is 2. The van der Waals surface area contributed by atoms with Crippen molar-refractivity contribution in [1.29, 1.82) is 0 Å². The standard InChI is InChI=1S/C11H11N3S/c1-8-2-7-14-11(10(8)12)15-9-3-5-13-6-4-9/h2-7H,12H2,1H3. The molecular weight excluding hydrogens is 206 g/mol. The number of hydrogen-bond donors (Lipinski definition) is 1. The Labute approximate surface area is 92.8 Å². The van der Waals surface area contributed by atoms with E-state index in [1.807, 2.05) is 25.1 Å². The molecule has 0 fully saturated rings. The van der Waals surface area contributed by atoms with E-state index in [-0.39, 0.29) is 0 Å². The topological polar surface area (TPSA) is 51.8 Å². The number of aryl methyl sites for hydroxylation is 1. The van der Waals surface area contributed by atoms with Crippen molar-refractivity contribution in [3.8, 4) is 0 Å². The Hall–Kier alpha value is -1.55. The molecule has 0 aromatic carbocycles. The van der Waals surface area contributed by atoms with E-state index in [9.17, 15) is 0 Å². The van der Waals surface area contributed by atoms with Crippen LogP contribution in [0.15, 0.2) is 46.7 Å². The molecule has 0 aliphatic heterocycles. The van der Waals surface area contributed by atoms with E-state index in [2.05, 4.69) is 9.97 Å². The SMILES string of the molecule is Cc1ccnc(Sc2ccncc2)c1N. The molecule has 0 atom stereocenters. The summed E-state index contributed by atoms with van der Waals surface area (Å²) in [4.78, 5) is 9.31. The Balaban J connectivity index is 2.29. The van der Waals surface area contributed by atoms with Crippen LogP contribution in [0.1, 0.15) is 5.56 Å². The lowest BCUT2D eigenvalue weighted by Crippen LogP contribution is -1.94. The Morgan fingerprint density at radius 3 is 2.60 bits per heavy atom. The van der Waals surface area contributed by atoms with Crippen LogP contribution in [-0.2, 0) is 0 Å². The Bertz CT molecular complexity index is 457. The number of aromatic nitrogens is 2. The third kappa shape index (κ3) is 2.27. The third-order valence-electron chi connectivity index (χ3n) is 2.04. The van der Waals surface area contributed by atoms with E-state index < -0.39 is 0 Å². The summed E-state index contributed by atoms with van der Waals surface area (Å²) in [6.07, 6.45) is 5.29. The number of nitrogen functional groups attached to an aromatic ring is 1. The summed E-state index contributed by atoms with van der Waals surface area (Å²) in [6, 6.07) is 5.79. The van der Waals surface area contributed by atoms with E-state index in [0.29, 0.717) is 0 Å². The summed E-state index contributed by atoms with van der Waals surface area (Å²) >= 11 is 1.55. The predicted molar refractivity (Wildman–Crippen MR) is 61.7 cm³/mol. The van der Waals surface area contributed by atoms with Crippen molar-refractivity contribution in [3.63, 3.8) is 0 Å². The van der Waals surface area contributed by atoms with Gasteiger partial charge in [-0.25, -0.2) is 4.98 Å². The van der Waals surface area contributed by atoms with E-state index in [1.165, 1.54) is 0 Å². The lowest BCUT2D eigenvalue weighted by molar-refractivity contribution is 1.12. The quantitative estimate of drug-likeness (QED) is 0.839. The smallest absolute Gasteiger partial charge is 0.124 e. The van der Waals surface area contributed by atoms with Crippen molar-refractivity contribution in [3.05, 3.63) is 42.4 Å². The van der Waals surface area contributed by atoms with Gasteiger partial charge in [0.05, 0.1) is 5.69 Å². The van der Waals surface area contributed by atoms with Crippen molar-refractivity contribution in [2.45, 2.75) is 16.8 Å². The van der Waals surface area contributed by atoms with Gasteiger partial charge in [0.25, 0.3) is 0 Å². The molecule has 0 saturated heterocycles. The first-order valence-corrected chi connectivity index (χ1v) is 5.38. The molecule has 76 valence electrons. The second kappa shape index (κ2) is 4.31. The van der Waals surface area contributed by atoms with E-state index >= 15 is 0 Å². The number of anilines is 1. The predicted octanol–water partition coefficient (Wildman–Crippen LogP) is 2.52. The molecule has 0 aliphatic carbocycles. The molecule has 2 aromatic heterocycles. The van der Waals surface area contributed by atoms with Crippen LogP contribution in [0.25, 0.3) is 0 Å². The van der Waals surface area contributed by atoms with Gasteiger partial charge < -0.3 is 5.73 Å². The van der Waals surface area contributed by atoms with Crippen LogP contribution in [-0.4, -0.2) is 9.97 Å². The van der Waals surface area contributed by atoms with Crippen molar-refractivity contribution < 1.29 is 0 Å². The van der Waals surface area contributed by atoms with Gasteiger partial charge in [-0.2, -0.15) is 0 Å². The first-order chi connectivity index (χ1) is 7.27. The molecule has 3 nitrogen and oxygen atoms in total. The highest BCUT2D eigenvalue weighted by molar-refractivity contribution is 7.99. The van der Waals surface area contributed by atoms with E-state index in [0.717, 1.165) is 21.2 Å². The molecule has 0 saturated carbocycles. The van der Waals surface area contributed by atoms with Crippen molar-refractivity contribution in [2.24, 2.45) is 0 Å². The molecule has 0 aliphatic rings. The first kappa shape index (κ1) is 9.98. The number of rotatable bonds is 2. The van der Waals surface area contributed by atoms with Crippen LogP contribution in [0.4, 0.5) is 5.69 Å². The molecule has 2 aromatic rings. The number of pyridine rings is 2. The van der Waals surface area contributed by atoms with Crippen LogP contribution in [0.3, 0.4) is 0 Å².